The summed E-state index contributed by atoms with van der Waals surface area (Å²) in [5, 5.41) is 3.47. The van der Waals surface area contributed by atoms with Crippen molar-refractivity contribution >= 4 is 39.5 Å². The van der Waals surface area contributed by atoms with E-state index in [0.717, 1.165) is 10.4 Å². The Morgan fingerprint density at radius 2 is 2.04 bits per heavy atom. The number of nitrogen functional groups attached to an aromatic ring is 1. The van der Waals surface area contributed by atoms with Gasteiger partial charge in [0.05, 0.1) is 12.1 Å². The van der Waals surface area contributed by atoms with Gasteiger partial charge >= 0.3 is 0 Å². The Balaban J connectivity index is 1.77. The van der Waals surface area contributed by atoms with Crippen LogP contribution in [-0.2, 0) is 11.2 Å². The second kappa shape index (κ2) is 6.98. The van der Waals surface area contributed by atoms with Crippen molar-refractivity contribution in [3.05, 3.63) is 65.2 Å². The minimum atomic E-state index is -0.505. The van der Waals surface area contributed by atoms with Crippen molar-refractivity contribution in [2.24, 2.45) is 0 Å². The van der Waals surface area contributed by atoms with Crippen molar-refractivity contribution in [2.45, 2.75) is 6.42 Å². The zero-order valence-corrected chi connectivity index (χ0v) is 14.0. The van der Waals surface area contributed by atoms with Crippen molar-refractivity contribution in [2.75, 3.05) is 11.1 Å². The first-order chi connectivity index (χ1) is 11.5. The van der Waals surface area contributed by atoms with Crippen LogP contribution in [0.4, 0.5) is 15.1 Å². The summed E-state index contributed by atoms with van der Waals surface area (Å²) in [6, 6.07) is 9.82. The van der Waals surface area contributed by atoms with E-state index in [1.807, 2.05) is 12.1 Å². The van der Waals surface area contributed by atoms with Crippen LogP contribution in [0.15, 0.2) is 48.8 Å². The van der Waals surface area contributed by atoms with Gasteiger partial charge in [-0.1, -0.05) is 17.7 Å². The van der Waals surface area contributed by atoms with Gasteiger partial charge in [0.1, 0.15) is 10.8 Å². The van der Waals surface area contributed by atoms with Crippen LogP contribution >= 0.6 is 22.9 Å². The van der Waals surface area contributed by atoms with Crippen LogP contribution in [0.3, 0.4) is 0 Å². The molecule has 1 amide bonds. The lowest BCUT2D eigenvalue weighted by molar-refractivity contribution is -0.115. The van der Waals surface area contributed by atoms with Crippen LogP contribution < -0.4 is 11.1 Å². The lowest BCUT2D eigenvalue weighted by Crippen LogP contribution is -2.15. The molecule has 4 nitrogen and oxygen atoms in total. The van der Waals surface area contributed by atoms with Crippen LogP contribution in [0.25, 0.3) is 10.4 Å². The molecule has 0 unspecified atom stereocenters. The molecule has 0 saturated heterocycles. The zero-order valence-electron chi connectivity index (χ0n) is 12.4. The molecule has 0 spiro atoms. The summed E-state index contributed by atoms with van der Waals surface area (Å²) in [5.41, 5.74) is 7.54. The van der Waals surface area contributed by atoms with Gasteiger partial charge in [0.2, 0.25) is 5.91 Å². The molecule has 2 aromatic heterocycles. The zero-order chi connectivity index (χ0) is 17.1. The highest BCUT2D eigenvalue weighted by Gasteiger charge is 2.15. The molecule has 122 valence electrons. The topological polar surface area (TPSA) is 68.0 Å². The van der Waals surface area contributed by atoms with E-state index in [2.05, 4.69) is 10.3 Å². The Hall–Kier alpha value is -2.44. The van der Waals surface area contributed by atoms with Crippen molar-refractivity contribution in [1.29, 1.82) is 0 Å². The molecule has 0 aliphatic heterocycles. The second-order valence-electron chi connectivity index (χ2n) is 5.06. The van der Waals surface area contributed by atoms with Gasteiger partial charge in [-0.05, 0) is 35.9 Å². The van der Waals surface area contributed by atoms with E-state index < -0.39 is 5.82 Å². The Morgan fingerprint density at radius 3 is 2.75 bits per heavy atom. The fourth-order valence-electron chi connectivity index (χ4n) is 2.19. The highest BCUT2D eigenvalue weighted by molar-refractivity contribution is 7.20. The third-order valence-electron chi connectivity index (χ3n) is 3.38. The lowest BCUT2D eigenvalue weighted by Gasteiger charge is -2.06. The van der Waals surface area contributed by atoms with Crippen molar-refractivity contribution in [3.63, 3.8) is 0 Å². The molecule has 1 aromatic carbocycles. The van der Waals surface area contributed by atoms with Crippen LogP contribution in [0, 0.1) is 5.82 Å². The van der Waals surface area contributed by atoms with Crippen molar-refractivity contribution in [3.8, 4) is 10.4 Å². The predicted molar refractivity (Wildman–Crippen MR) is 95.7 cm³/mol. The number of carbonyl (C=O) groups excluding carboxylic acids is 1. The maximum absolute atomic E-state index is 13.8. The van der Waals surface area contributed by atoms with Gasteiger partial charge in [-0.25, -0.2) is 4.39 Å². The van der Waals surface area contributed by atoms with Crippen LogP contribution in [0.5, 0.6) is 0 Å². The molecule has 3 N–H and O–H groups in total. The van der Waals surface area contributed by atoms with Crippen molar-refractivity contribution < 1.29 is 9.18 Å². The number of benzene rings is 1. The number of nitrogens with two attached hydrogens (primary N) is 1. The first-order valence-corrected chi connectivity index (χ1v) is 8.26. The molecular formula is C17H13ClFN3OS. The number of carbonyl (C=O) groups is 1. The van der Waals surface area contributed by atoms with Gasteiger partial charge in [-0.15, -0.1) is 11.3 Å². The molecule has 0 aliphatic carbocycles. The van der Waals surface area contributed by atoms with Crippen LogP contribution in [0.1, 0.15) is 5.56 Å². The molecule has 0 atom stereocenters. The maximum atomic E-state index is 13.8. The molecule has 24 heavy (non-hydrogen) atoms. The lowest BCUT2D eigenvalue weighted by atomic mass is 10.1. The van der Waals surface area contributed by atoms with E-state index in [1.54, 1.807) is 24.5 Å². The van der Waals surface area contributed by atoms with E-state index >= 15 is 0 Å². The molecule has 0 radical (unpaired) electrons. The summed E-state index contributed by atoms with van der Waals surface area (Å²) in [6.45, 7) is 0. The number of amides is 1. The summed E-state index contributed by atoms with van der Waals surface area (Å²) < 4.78 is 13.8. The number of anilines is 2. The molecule has 0 bridgehead atoms. The van der Waals surface area contributed by atoms with Gasteiger partial charge in [0.15, 0.2) is 0 Å². The third-order valence-corrected chi connectivity index (χ3v) is 4.85. The number of rotatable bonds is 4. The highest BCUT2D eigenvalue weighted by Crippen LogP contribution is 2.37. The summed E-state index contributed by atoms with van der Waals surface area (Å²) in [7, 11) is 0. The maximum Gasteiger partial charge on any atom is 0.229 e. The number of nitrogens with zero attached hydrogens (tertiary/aromatic N) is 1. The number of nitrogens with one attached hydrogen (secondary N) is 1. The molecule has 3 aromatic rings. The Bertz CT molecular complexity index is 863. The van der Waals surface area contributed by atoms with Gasteiger partial charge in [0.25, 0.3) is 0 Å². The molecule has 3 rings (SSSR count). The Labute approximate surface area is 147 Å². The highest BCUT2D eigenvalue weighted by atomic mass is 35.5. The third kappa shape index (κ3) is 3.55. The summed E-state index contributed by atoms with van der Waals surface area (Å²) in [5.74, 6) is -0.883. The number of hydrogen-bond acceptors (Lipinski definition) is 4. The van der Waals surface area contributed by atoms with E-state index in [9.17, 15) is 9.18 Å². The minimum absolute atomic E-state index is 0.159. The van der Waals surface area contributed by atoms with E-state index in [1.165, 1.54) is 23.5 Å². The van der Waals surface area contributed by atoms with Gasteiger partial charge in [-0.2, -0.15) is 0 Å². The van der Waals surface area contributed by atoms with Gasteiger partial charge in [-0.3, -0.25) is 9.78 Å². The summed E-state index contributed by atoms with van der Waals surface area (Å²) >= 11 is 7.29. The number of pyridine rings is 1. The monoisotopic (exact) mass is 361 g/mol. The molecule has 0 fully saturated rings. The van der Waals surface area contributed by atoms with E-state index in [4.69, 9.17) is 17.3 Å². The van der Waals surface area contributed by atoms with Crippen molar-refractivity contribution in [1.82, 2.24) is 4.98 Å². The molecule has 0 aliphatic rings. The van der Waals surface area contributed by atoms with E-state index in [0.29, 0.717) is 10.7 Å². The first kappa shape index (κ1) is 16.4. The normalized spacial score (nSPS) is 10.6. The Kier molecular flexibility index (Phi) is 4.78. The van der Waals surface area contributed by atoms with Gasteiger partial charge in [0, 0.05) is 27.9 Å². The smallest absolute Gasteiger partial charge is 0.229 e. The fourth-order valence-corrected chi connectivity index (χ4v) is 3.43. The number of thiophene rings is 1. The average molecular weight is 362 g/mol. The molecule has 2 heterocycles. The number of hydrogen-bond donors (Lipinski definition) is 2. The SMILES string of the molecule is Nc1cc(-c2ccncc2)sc1NC(=O)Cc1c(F)cccc1Cl. The Morgan fingerprint density at radius 1 is 1.29 bits per heavy atom. The molecule has 0 saturated carbocycles. The average Bonchev–Trinajstić information content (AvgIpc) is 2.93. The number of aromatic nitrogens is 1. The van der Waals surface area contributed by atoms with Crippen LogP contribution in [-0.4, -0.2) is 10.9 Å². The summed E-state index contributed by atoms with van der Waals surface area (Å²) in [4.78, 5) is 17.1. The number of halogens is 2. The molecule has 7 heteroatoms. The minimum Gasteiger partial charge on any atom is -0.396 e. The first-order valence-electron chi connectivity index (χ1n) is 7.07. The molecular weight excluding hydrogens is 349 g/mol. The quantitative estimate of drug-likeness (QED) is 0.725. The largest absolute Gasteiger partial charge is 0.396 e. The van der Waals surface area contributed by atoms with Crippen LogP contribution in [0.2, 0.25) is 5.02 Å². The fraction of sp³-hybridized carbons (Fsp3) is 0.0588. The second-order valence-corrected chi connectivity index (χ2v) is 6.52. The predicted octanol–water partition coefficient (Wildman–Crippen LogP) is 4.37. The van der Waals surface area contributed by atoms with Gasteiger partial charge < -0.3 is 11.1 Å². The van der Waals surface area contributed by atoms with E-state index in [-0.39, 0.29) is 22.9 Å². The standard InChI is InChI=1S/C17H13ClFN3OS/c18-12-2-1-3-13(19)11(12)8-16(23)22-17-14(20)9-15(24-17)10-4-6-21-7-5-10/h1-7,9H,8,20H2,(H,22,23). The summed E-state index contributed by atoms with van der Waals surface area (Å²) in [6.07, 6.45) is 3.21.